The van der Waals surface area contributed by atoms with Crippen molar-refractivity contribution in [1.29, 1.82) is 0 Å². The molecule has 0 radical (unpaired) electrons. The van der Waals surface area contributed by atoms with Gasteiger partial charge in [-0.25, -0.2) is 0 Å². The Morgan fingerprint density at radius 2 is 1.38 bits per heavy atom. The van der Waals surface area contributed by atoms with E-state index in [0.717, 1.165) is 24.3 Å². The molecule has 0 atom stereocenters. The van der Waals surface area contributed by atoms with Crippen LogP contribution >= 0.6 is 0 Å². The Labute approximate surface area is 164 Å². The Morgan fingerprint density at radius 1 is 0.793 bits per heavy atom. The summed E-state index contributed by atoms with van der Waals surface area (Å²) in [6, 6.07) is 9.89. The number of fused-ring (bicyclic) bond motifs is 2. The molecule has 0 fully saturated rings. The van der Waals surface area contributed by atoms with Crippen molar-refractivity contribution >= 4 is 42.7 Å². The highest BCUT2D eigenvalue weighted by Gasteiger charge is 2.41. The second kappa shape index (κ2) is 6.26. The SMILES string of the molecule is O=C1c2ccccc2C(=O)C1c1cc(S(=O)(=O)O)c2cc(S(=O)(=O)O)ccc2n1. The van der Waals surface area contributed by atoms with Crippen LogP contribution in [0.3, 0.4) is 0 Å². The minimum atomic E-state index is -4.89. The normalized spacial score (nSPS) is 15.1. The Kier molecular flexibility index (Phi) is 4.17. The van der Waals surface area contributed by atoms with Gasteiger partial charge in [0.05, 0.1) is 16.1 Å². The van der Waals surface area contributed by atoms with Crippen molar-refractivity contribution in [2.24, 2.45) is 0 Å². The van der Waals surface area contributed by atoms with E-state index in [0.29, 0.717) is 0 Å². The number of Topliss-reactive ketones (excluding diaryl/α,β-unsaturated/α-hetero) is 2. The Bertz CT molecular complexity index is 1410. The van der Waals surface area contributed by atoms with Crippen LogP contribution in [0.25, 0.3) is 10.9 Å². The molecule has 1 aliphatic carbocycles. The number of carbonyl (C=O) groups excluding carboxylic acids is 2. The largest absolute Gasteiger partial charge is 0.295 e. The summed E-state index contributed by atoms with van der Waals surface area (Å²) in [5.41, 5.74) is 0.0778. The van der Waals surface area contributed by atoms with Gasteiger partial charge < -0.3 is 0 Å². The van der Waals surface area contributed by atoms with E-state index in [1.165, 1.54) is 12.1 Å². The Hall–Kier alpha value is -2.99. The molecule has 1 aliphatic rings. The highest BCUT2D eigenvalue weighted by molar-refractivity contribution is 7.86. The van der Waals surface area contributed by atoms with Gasteiger partial charge >= 0.3 is 0 Å². The maximum atomic E-state index is 12.7. The fraction of sp³-hybridized carbons (Fsp3) is 0.0556. The quantitative estimate of drug-likeness (QED) is 0.465. The third-order valence-electron chi connectivity index (χ3n) is 4.62. The molecule has 1 heterocycles. The van der Waals surface area contributed by atoms with Gasteiger partial charge in [-0.1, -0.05) is 24.3 Å². The van der Waals surface area contributed by atoms with E-state index in [2.05, 4.69) is 4.98 Å². The number of hydrogen-bond donors (Lipinski definition) is 2. The first kappa shape index (κ1) is 19.3. The van der Waals surface area contributed by atoms with Crippen LogP contribution in [-0.2, 0) is 20.2 Å². The fourth-order valence-corrected chi connectivity index (χ4v) is 4.54. The van der Waals surface area contributed by atoms with Crippen LogP contribution in [0.15, 0.2) is 58.3 Å². The van der Waals surface area contributed by atoms with E-state index in [1.54, 1.807) is 12.1 Å². The molecule has 0 saturated carbocycles. The van der Waals surface area contributed by atoms with Gasteiger partial charge in [-0.2, -0.15) is 16.8 Å². The van der Waals surface area contributed by atoms with E-state index in [4.69, 9.17) is 0 Å². The van der Waals surface area contributed by atoms with Gasteiger partial charge in [0.25, 0.3) is 20.2 Å². The van der Waals surface area contributed by atoms with Gasteiger partial charge in [0.1, 0.15) is 10.8 Å². The van der Waals surface area contributed by atoms with Crippen molar-refractivity contribution < 1.29 is 35.5 Å². The summed E-state index contributed by atoms with van der Waals surface area (Å²) >= 11 is 0. The highest BCUT2D eigenvalue weighted by Crippen LogP contribution is 2.35. The lowest BCUT2D eigenvalue weighted by Crippen LogP contribution is -2.16. The molecule has 2 aromatic carbocycles. The van der Waals surface area contributed by atoms with Gasteiger partial charge in [0.2, 0.25) is 0 Å². The monoisotopic (exact) mass is 433 g/mol. The molecule has 4 rings (SSSR count). The van der Waals surface area contributed by atoms with Crippen LogP contribution in [-0.4, -0.2) is 42.5 Å². The number of benzene rings is 2. The third-order valence-corrected chi connectivity index (χ3v) is 6.36. The summed E-state index contributed by atoms with van der Waals surface area (Å²) < 4.78 is 65.3. The van der Waals surface area contributed by atoms with Crippen molar-refractivity contribution in [2.75, 3.05) is 0 Å². The molecule has 9 nitrogen and oxygen atoms in total. The lowest BCUT2D eigenvalue weighted by Gasteiger charge is -2.11. The van der Waals surface area contributed by atoms with Crippen molar-refractivity contribution in [3.05, 3.63) is 65.4 Å². The van der Waals surface area contributed by atoms with Crippen LogP contribution in [0.4, 0.5) is 0 Å². The Morgan fingerprint density at radius 3 is 1.90 bits per heavy atom. The van der Waals surface area contributed by atoms with Crippen LogP contribution in [0.1, 0.15) is 32.3 Å². The van der Waals surface area contributed by atoms with Crippen LogP contribution < -0.4 is 0 Å². The number of hydrogen-bond acceptors (Lipinski definition) is 7. The van der Waals surface area contributed by atoms with Crippen LogP contribution in [0.2, 0.25) is 0 Å². The molecule has 0 aliphatic heterocycles. The number of rotatable bonds is 3. The lowest BCUT2D eigenvalue weighted by atomic mass is 9.98. The smallest absolute Gasteiger partial charge is 0.293 e. The average Bonchev–Trinajstić information content (AvgIpc) is 2.90. The van der Waals surface area contributed by atoms with Crippen LogP contribution in [0.5, 0.6) is 0 Å². The zero-order valence-electron chi connectivity index (χ0n) is 14.3. The number of carbonyl (C=O) groups is 2. The standard InChI is InChI=1S/C18H11NO8S2/c20-17-10-3-1-2-4-11(10)18(21)16(17)14-8-15(29(25,26)27)12-7-9(28(22,23)24)5-6-13(12)19-14/h1-8,16H,(H,22,23,24)(H,25,26,27). The molecule has 148 valence electrons. The molecule has 2 N–H and O–H groups in total. The van der Waals surface area contributed by atoms with Crippen LogP contribution in [0, 0.1) is 0 Å². The molecule has 11 heteroatoms. The molecule has 0 saturated heterocycles. The molecule has 0 spiro atoms. The van der Waals surface area contributed by atoms with Gasteiger partial charge in [-0.3, -0.25) is 23.7 Å². The highest BCUT2D eigenvalue weighted by atomic mass is 32.2. The fourth-order valence-electron chi connectivity index (χ4n) is 3.33. The molecule has 29 heavy (non-hydrogen) atoms. The van der Waals surface area contributed by atoms with Gasteiger partial charge in [-0.05, 0) is 24.3 Å². The van der Waals surface area contributed by atoms with E-state index in [-0.39, 0.29) is 27.7 Å². The lowest BCUT2D eigenvalue weighted by molar-refractivity contribution is 0.0888. The van der Waals surface area contributed by atoms with Crippen molar-refractivity contribution in [2.45, 2.75) is 15.7 Å². The molecular weight excluding hydrogens is 422 g/mol. The number of aromatic nitrogens is 1. The second-order valence-electron chi connectivity index (χ2n) is 6.38. The van der Waals surface area contributed by atoms with E-state index < -0.39 is 47.5 Å². The summed E-state index contributed by atoms with van der Waals surface area (Å²) in [6.07, 6.45) is 0. The number of pyridine rings is 1. The van der Waals surface area contributed by atoms with E-state index >= 15 is 0 Å². The summed E-state index contributed by atoms with van der Waals surface area (Å²) in [4.78, 5) is 28.2. The van der Waals surface area contributed by atoms with Gasteiger partial charge in [-0.15, -0.1) is 0 Å². The second-order valence-corrected chi connectivity index (χ2v) is 9.19. The minimum Gasteiger partial charge on any atom is -0.293 e. The zero-order valence-corrected chi connectivity index (χ0v) is 15.9. The number of ketones is 2. The maximum Gasteiger partial charge on any atom is 0.295 e. The van der Waals surface area contributed by atoms with Gasteiger partial charge in [0, 0.05) is 16.5 Å². The van der Waals surface area contributed by atoms with E-state index in [1.807, 2.05) is 0 Å². The third kappa shape index (κ3) is 3.13. The summed E-state index contributed by atoms with van der Waals surface area (Å²) in [7, 11) is -9.53. The number of nitrogens with zero attached hydrogens (tertiary/aromatic N) is 1. The topological polar surface area (TPSA) is 156 Å². The van der Waals surface area contributed by atoms with Gasteiger partial charge in [0.15, 0.2) is 11.6 Å². The minimum absolute atomic E-state index is 0.0842. The predicted octanol–water partition coefficient (Wildman–Crippen LogP) is 1.89. The molecule has 0 bridgehead atoms. The first-order valence-corrected chi connectivity index (χ1v) is 10.9. The molecule has 0 amide bonds. The zero-order chi connectivity index (χ0) is 21.1. The summed E-state index contributed by atoms with van der Waals surface area (Å²) in [5, 5.41) is -0.290. The first-order chi connectivity index (χ1) is 13.5. The summed E-state index contributed by atoms with van der Waals surface area (Å²) in [5.74, 6) is -2.51. The summed E-state index contributed by atoms with van der Waals surface area (Å²) in [6.45, 7) is 0. The Balaban J connectivity index is 1.99. The van der Waals surface area contributed by atoms with Crippen molar-refractivity contribution in [3.63, 3.8) is 0 Å². The molecule has 0 unspecified atom stereocenters. The predicted molar refractivity (Wildman–Crippen MR) is 99.2 cm³/mol. The molecular formula is C18H11NO8S2. The van der Waals surface area contributed by atoms with E-state index in [9.17, 15) is 35.5 Å². The van der Waals surface area contributed by atoms with Crippen molar-refractivity contribution in [1.82, 2.24) is 4.98 Å². The first-order valence-electron chi connectivity index (χ1n) is 8.05. The average molecular weight is 433 g/mol. The molecule has 3 aromatic rings. The van der Waals surface area contributed by atoms with Crippen molar-refractivity contribution in [3.8, 4) is 0 Å². The molecule has 1 aromatic heterocycles. The maximum absolute atomic E-state index is 12.7.